The number of para-hydroxylation sites is 1. The lowest BCUT2D eigenvalue weighted by atomic mass is 10.0. The molecule has 0 aromatic heterocycles. The molecule has 2 heteroatoms. The molecular weight excluding hydrogens is 186 g/mol. The van der Waals surface area contributed by atoms with Gasteiger partial charge in [-0.05, 0) is 30.9 Å². The van der Waals surface area contributed by atoms with Crippen molar-refractivity contribution in [1.29, 1.82) is 0 Å². The van der Waals surface area contributed by atoms with Gasteiger partial charge in [0, 0.05) is 5.69 Å². The highest BCUT2D eigenvalue weighted by atomic mass is 16.3. The summed E-state index contributed by atoms with van der Waals surface area (Å²) in [5.41, 5.74) is 3.62. The van der Waals surface area contributed by atoms with Gasteiger partial charge in [-0.25, -0.2) is 0 Å². The number of rotatable bonds is 4. The molecule has 1 unspecified atom stereocenters. The molecule has 0 radical (unpaired) electrons. The van der Waals surface area contributed by atoms with Crippen LogP contribution in [0.25, 0.3) is 0 Å². The summed E-state index contributed by atoms with van der Waals surface area (Å²) in [5.74, 6) is 0.425. The van der Waals surface area contributed by atoms with Gasteiger partial charge in [0.25, 0.3) is 0 Å². The van der Waals surface area contributed by atoms with Crippen LogP contribution < -0.4 is 5.32 Å². The predicted octanol–water partition coefficient (Wildman–Crippen LogP) is 2.73. The normalized spacial score (nSPS) is 12.9. The van der Waals surface area contributed by atoms with E-state index in [0.717, 1.165) is 5.69 Å². The van der Waals surface area contributed by atoms with Gasteiger partial charge in [0.1, 0.15) is 0 Å². The molecule has 0 aliphatic rings. The predicted molar refractivity (Wildman–Crippen MR) is 65.3 cm³/mol. The zero-order chi connectivity index (χ0) is 11.4. The molecule has 1 atom stereocenters. The van der Waals surface area contributed by atoms with Gasteiger partial charge >= 0.3 is 0 Å². The van der Waals surface area contributed by atoms with Gasteiger partial charge in [-0.1, -0.05) is 32.0 Å². The van der Waals surface area contributed by atoms with E-state index in [1.54, 1.807) is 0 Å². The van der Waals surface area contributed by atoms with Crippen LogP contribution >= 0.6 is 0 Å². The van der Waals surface area contributed by atoms with Crippen LogP contribution in [-0.2, 0) is 0 Å². The molecule has 2 nitrogen and oxygen atoms in total. The van der Waals surface area contributed by atoms with Crippen molar-refractivity contribution < 1.29 is 5.11 Å². The smallest absolute Gasteiger partial charge is 0.0635 e. The molecule has 0 fully saturated rings. The first-order valence-corrected chi connectivity index (χ1v) is 5.50. The third-order valence-corrected chi connectivity index (χ3v) is 2.81. The zero-order valence-electron chi connectivity index (χ0n) is 10.0. The molecule has 0 amide bonds. The van der Waals surface area contributed by atoms with E-state index in [1.165, 1.54) is 11.1 Å². The van der Waals surface area contributed by atoms with Crippen molar-refractivity contribution >= 4 is 5.69 Å². The maximum atomic E-state index is 9.28. The van der Waals surface area contributed by atoms with E-state index >= 15 is 0 Å². The second kappa shape index (κ2) is 5.17. The Hall–Kier alpha value is -1.02. The Bertz CT molecular complexity index is 300. The largest absolute Gasteiger partial charge is 0.394 e. The highest BCUT2D eigenvalue weighted by Gasteiger charge is 2.13. The molecule has 0 aliphatic carbocycles. The number of aryl methyl sites for hydroxylation is 2. The van der Waals surface area contributed by atoms with Crippen molar-refractivity contribution in [3.05, 3.63) is 29.3 Å². The third kappa shape index (κ3) is 2.96. The van der Waals surface area contributed by atoms with Crippen LogP contribution in [0.1, 0.15) is 25.0 Å². The molecule has 15 heavy (non-hydrogen) atoms. The van der Waals surface area contributed by atoms with Crippen molar-refractivity contribution in [2.75, 3.05) is 11.9 Å². The Morgan fingerprint density at radius 3 is 2.13 bits per heavy atom. The summed E-state index contributed by atoms with van der Waals surface area (Å²) in [5, 5.41) is 12.7. The molecule has 0 aliphatic heterocycles. The van der Waals surface area contributed by atoms with Gasteiger partial charge in [0.15, 0.2) is 0 Å². The fourth-order valence-electron chi connectivity index (χ4n) is 1.65. The van der Waals surface area contributed by atoms with Crippen molar-refractivity contribution in [2.24, 2.45) is 5.92 Å². The fraction of sp³-hybridized carbons (Fsp3) is 0.538. The summed E-state index contributed by atoms with van der Waals surface area (Å²) < 4.78 is 0. The number of benzene rings is 1. The Labute approximate surface area is 92.3 Å². The van der Waals surface area contributed by atoms with E-state index in [4.69, 9.17) is 0 Å². The average molecular weight is 207 g/mol. The van der Waals surface area contributed by atoms with E-state index in [2.05, 4.69) is 51.2 Å². The lowest BCUT2D eigenvalue weighted by Gasteiger charge is -2.23. The number of nitrogens with one attached hydrogen (secondary N) is 1. The van der Waals surface area contributed by atoms with Gasteiger partial charge < -0.3 is 10.4 Å². The van der Waals surface area contributed by atoms with Gasteiger partial charge in [-0.3, -0.25) is 0 Å². The van der Waals surface area contributed by atoms with Gasteiger partial charge in [-0.15, -0.1) is 0 Å². The van der Waals surface area contributed by atoms with Crippen LogP contribution in [0.5, 0.6) is 0 Å². The Kier molecular flexibility index (Phi) is 4.15. The molecule has 0 saturated carbocycles. The lowest BCUT2D eigenvalue weighted by molar-refractivity contribution is 0.249. The molecule has 84 valence electrons. The zero-order valence-corrected chi connectivity index (χ0v) is 10.0. The summed E-state index contributed by atoms with van der Waals surface area (Å²) >= 11 is 0. The lowest BCUT2D eigenvalue weighted by Crippen LogP contribution is -2.30. The second-order valence-corrected chi connectivity index (χ2v) is 4.44. The summed E-state index contributed by atoms with van der Waals surface area (Å²) in [6.45, 7) is 8.57. The van der Waals surface area contributed by atoms with Crippen LogP contribution in [0.3, 0.4) is 0 Å². The van der Waals surface area contributed by atoms with Crippen molar-refractivity contribution in [3.8, 4) is 0 Å². The van der Waals surface area contributed by atoms with Crippen LogP contribution in [0.4, 0.5) is 5.69 Å². The van der Waals surface area contributed by atoms with Crippen molar-refractivity contribution in [3.63, 3.8) is 0 Å². The fourth-order valence-corrected chi connectivity index (χ4v) is 1.65. The second-order valence-electron chi connectivity index (χ2n) is 4.44. The minimum atomic E-state index is 0.129. The minimum Gasteiger partial charge on any atom is -0.394 e. The van der Waals surface area contributed by atoms with Crippen molar-refractivity contribution in [2.45, 2.75) is 33.7 Å². The quantitative estimate of drug-likeness (QED) is 0.795. The summed E-state index contributed by atoms with van der Waals surface area (Å²) in [4.78, 5) is 0. The Morgan fingerprint density at radius 2 is 1.73 bits per heavy atom. The minimum absolute atomic E-state index is 0.129. The first kappa shape index (κ1) is 12.1. The first-order valence-electron chi connectivity index (χ1n) is 5.50. The van der Waals surface area contributed by atoms with Crippen LogP contribution in [0, 0.1) is 19.8 Å². The first-order chi connectivity index (χ1) is 7.06. The third-order valence-electron chi connectivity index (χ3n) is 2.81. The monoisotopic (exact) mass is 207 g/mol. The molecule has 0 bridgehead atoms. The van der Waals surface area contributed by atoms with Gasteiger partial charge in [0.05, 0.1) is 12.6 Å². The summed E-state index contributed by atoms with van der Waals surface area (Å²) in [6.07, 6.45) is 0. The maximum Gasteiger partial charge on any atom is 0.0635 e. The highest BCUT2D eigenvalue weighted by Crippen LogP contribution is 2.21. The number of hydrogen-bond donors (Lipinski definition) is 2. The molecule has 1 aromatic carbocycles. The molecule has 0 heterocycles. The van der Waals surface area contributed by atoms with E-state index < -0.39 is 0 Å². The average Bonchev–Trinajstić information content (AvgIpc) is 2.17. The van der Waals surface area contributed by atoms with Crippen LogP contribution in [-0.4, -0.2) is 17.8 Å². The van der Waals surface area contributed by atoms with Crippen LogP contribution in [0.15, 0.2) is 18.2 Å². The number of hydrogen-bond acceptors (Lipinski definition) is 2. The Morgan fingerprint density at radius 1 is 1.20 bits per heavy atom. The van der Waals surface area contributed by atoms with E-state index in [9.17, 15) is 5.11 Å². The Balaban J connectivity index is 2.87. The molecule has 2 N–H and O–H groups in total. The summed E-state index contributed by atoms with van der Waals surface area (Å²) in [7, 11) is 0. The molecule has 1 rings (SSSR count). The van der Waals surface area contributed by atoms with E-state index in [0.29, 0.717) is 5.92 Å². The van der Waals surface area contributed by atoms with E-state index in [-0.39, 0.29) is 12.6 Å². The standard InChI is InChI=1S/C13H21NO/c1-9(2)12(8-15)14-13-10(3)6-5-7-11(13)4/h5-7,9,12,14-15H,8H2,1-4H3. The number of anilines is 1. The maximum absolute atomic E-state index is 9.28. The van der Waals surface area contributed by atoms with Crippen LogP contribution in [0.2, 0.25) is 0 Å². The molecular formula is C13H21NO. The topological polar surface area (TPSA) is 32.3 Å². The van der Waals surface area contributed by atoms with Gasteiger partial charge in [0.2, 0.25) is 0 Å². The SMILES string of the molecule is Cc1cccc(C)c1NC(CO)C(C)C. The highest BCUT2D eigenvalue weighted by molar-refractivity contribution is 5.57. The van der Waals surface area contributed by atoms with Gasteiger partial charge in [-0.2, -0.15) is 0 Å². The molecule has 1 aromatic rings. The van der Waals surface area contributed by atoms with E-state index in [1.807, 2.05) is 0 Å². The number of aliphatic hydroxyl groups excluding tert-OH is 1. The molecule has 0 saturated heterocycles. The summed E-state index contributed by atoms with van der Waals surface area (Å²) in [6, 6.07) is 6.36. The molecule has 0 spiro atoms. The number of aliphatic hydroxyl groups is 1. The van der Waals surface area contributed by atoms with Crippen molar-refractivity contribution in [1.82, 2.24) is 0 Å².